The molecule has 0 amide bonds. The number of nitriles is 1. The summed E-state index contributed by atoms with van der Waals surface area (Å²) in [4.78, 5) is 6.03. The van der Waals surface area contributed by atoms with E-state index in [2.05, 4.69) is 46.2 Å². The van der Waals surface area contributed by atoms with Gasteiger partial charge < -0.3 is 14.4 Å². The normalized spacial score (nSPS) is 10.9. The Balaban J connectivity index is 1.34. The molecular weight excluding hydrogens is 530 g/mol. The van der Waals surface area contributed by atoms with Gasteiger partial charge in [0.2, 0.25) is 5.69 Å². The molecular formula is C38H27N3O2. The molecule has 0 atom stereocenters. The van der Waals surface area contributed by atoms with E-state index in [-0.39, 0.29) is 0 Å². The molecule has 0 radical (unpaired) electrons. The second-order valence-corrected chi connectivity index (χ2v) is 9.95. The lowest BCUT2D eigenvalue weighted by Gasteiger charge is -2.26. The molecule has 0 saturated carbocycles. The molecule has 0 heterocycles. The van der Waals surface area contributed by atoms with E-state index in [0.29, 0.717) is 11.3 Å². The van der Waals surface area contributed by atoms with E-state index < -0.39 is 0 Å². The predicted octanol–water partition coefficient (Wildman–Crippen LogP) is 10.1. The molecule has 0 N–H and O–H groups in total. The van der Waals surface area contributed by atoms with Crippen molar-refractivity contribution in [2.45, 2.75) is 0 Å². The number of anilines is 3. The lowest BCUT2D eigenvalue weighted by Crippen LogP contribution is -2.09. The maximum Gasteiger partial charge on any atom is 0.202 e. The summed E-state index contributed by atoms with van der Waals surface area (Å²) in [6, 6.07) is 40.2. The second-order valence-electron chi connectivity index (χ2n) is 9.95. The first-order valence-corrected chi connectivity index (χ1v) is 13.8. The number of rotatable bonds is 7. The average Bonchev–Trinajstić information content (AvgIpc) is 3.07. The lowest BCUT2D eigenvalue weighted by molar-refractivity contribution is 0.415. The summed E-state index contributed by atoms with van der Waals surface area (Å²) >= 11 is 0. The number of ether oxygens (including phenoxy) is 2. The first kappa shape index (κ1) is 27.1. The van der Waals surface area contributed by atoms with E-state index >= 15 is 0 Å². The fourth-order valence-electron chi connectivity index (χ4n) is 5.35. The Morgan fingerprint density at radius 2 is 1.12 bits per heavy atom. The Bertz CT molecular complexity index is 2000. The molecule has 0 fully saturated rings. The second kappa shape index (κ2) is 11.8. The summed E-state index contributed by atoms with van der Waals surface area (Å²) < 4.78 is 10.7. The van der Waals surface area contributed by atoms with Crippen LogP contribution in [-0.2, 0) is 0 Å². The number of benzene rings is 6. The molecule has 0 aliphatic rings. The zero-order valence-electron chi connectivity index (χ0n) is 23.8. The van der Waals surface area contributed by atoms with Gasteiger partial charge in [0.25, 0.3) is 0 Å². The van der Waals surface area contributed by atoms with Crippen LogP contribution in [0.4, 0.5) is 22.7 Å². The highest BCUT2D eigenvalue weighted by molar-refractivity contribution is 6.15. The van der Waals surface area contributed by atoms with Gasteiger partial charge >= 0.3 is 0 Å². The molecule has 43 heavy (non-hydrogen) atoms. The molecule has 0 aromatic heterocycles. The Morgan fingerprint density at radius 3 is 1.65 bits per heavy atom. The van der Waals surface area contributed by atoms with Crippen molar-refractivity contribution in [1.29, 1.82) is 5.26 Å². The zero-order chi connectivity index (χ0) is 29.8. The molecule has 0 bridgehead atoms. The molecule has 6 rings (SSSR count). The minimum Gasteiger partial charge on any atom is -0.497 e. The number of fused-ring (bicyclic) bond motifs is 2. The first-order valence-electron chi connectivity index (χ1n) is 13.8. The van der Waals surface area contributed by atoms with Crippen LogP contribution in [0.25, 0.3) is 38.5 Å². The number of hydrogen-bond acceptors (Lipinski definition) is 4. The Morgan fingerprint density at radius 1 is 0.628 bits per heavy atom. The van der Waals surface area contributed by atoms with Gasteiger partial charge in [-0.15, -0.1) is 0 Å². The Hall–Kier alpha value is -6.04. The van der Waals surface area contributed by atoms with Crippen LogP contribution in [0.5, 0.6) is 11.5 Å². The quantitative estimate of drug-likeness (QED) is 0.111. The van der Waals surface area contributed by atoms with Crippen LogP contribution in [0.1, 0.15) is 16.7 Å². The van der Waals surface area contributed by atoms with E-state index in [0.717, 1.165) is 61.2 Å². The molecule has 5 heteroatoms. The standard InChI is InChI=1S/C38H27N3O2/c1-40-38-35-7-5-4-6-33(35)37(25-39)34-23-12-27(24-36(34)38)9-8-26-10-13-28(14-11-26)41(29-15-19-31(42-2)20-16-29)30-17-21-32(43-3)22-18-30/h4-24H,2-3H3. The third-order valence-corrected chi connectivity index (χ3v) is 7.52. The van der Waals surface area contributed by atoms with Crippen molar-refractivity contribution >= 4 is 56.4 Å². The van der Waals surface area contributed by atoms with Crippen LogP contribution in [-0.4, -0.2) is 14.2 Å². The highest BCUT2D eigenvalue weighted by Crippen LogP contribution is 2.39. The van der Waals surface area contributed by atoms with Gasteiger partial charge in [0.05, 0.1) is 26.4 Å². The third-order valence-electron chi connectivity index (χ3n) is 7.52. The van der Waals surface area contributed by atoms with Crippen LogP contribution < -0.4 is 14.4 Å². The Kier molecular flexibility index (Phi) is 7.47. The van der Waals surface area contributed by atoms with Crippen LogP contribution in [0.2, 0.25) is 0 Å². The van der Waals surface area contributed by atoms with E-state index in [4.69, 9.17) is 16.0 Å². The van der Waals surface area contributed by atoms with Crippen molar-refractivity contribution in [3.05, 3.63) is 143 Å². The van der Waals surface area contributed by atoms with E-state index in [9.17, 15) is 5.26 Å². The van der Waals surface area contributed by atoms with Crippen LogP contribution in [0.15, 0.2) is 115 Å². The minimum atomic E-state index is 0.571. The van der Waals surface area contributed by atoms with Crippen molar-refractivity contribution in [3.8, 4) is 17.6 Å². The highest BCUT2D eigenvalue weighted by Gasteiger charge is 2.15. The van der Waals surface area contributed by atoms with Crippen molar-refractivity contribution < 1.29 is 9.47 Å². The maximum atomic E-state index is 9.92. The lowest BCUT2D eigenvalue weighted by atomic mass is 9.94. The largest absolute Gasteiger partial charge is 0.497 e. The fraction of sp³-hybridized carbons (Fsp3) is 0.0526. The predicted molar refractivity (Wildman–Crippen MR) is 176 cm³/mol. The molecule has 0 saturated heterocycles. The van der Waals surface area contributed by atoms with Crippen molar-refractivity contribution in [2.75, 3.05) is 19.1 Å². The number of methoxy groups -OCH3 is 2. The zero-order valence-corrected chi connectivity index (χ0v) is 23.8. The summed E-state index contributed by atoms with van der Waals surface area (Å²) in [5.74, 6) is 1.60. The van der Waals surface area contributed by atoms with Gasteiger partial charge in [0, 0.05) is 17.1 Å². The van der Waals surface area contributed by atoms with Crippen molar-refractivity contribution in [1.82, 2.24) is 0 Å². The van der Waals surface area contributed by atoms with Crippen LogP contribution in [0.3, 0.4) is 0 Å². The van der Waals surface area contributed by atoms with Crippen LogP contribution >= 0.6 is 0 Å². The van der Waals surface area contributed by atoms with Gasteiger partial charge in [-0.25, -0.2) is 4.85 Å². The summed E-state index contributed by atoms with van der Waals surface area (Å²) in [6.45, 7) is 7.87. The van der Waals surface area contributed by atoms with Crippen molar-refractivity contribution in [2.24, 2.45) is 0 Å². The number of nitrogens with zero attached hydrogens (tertiary/aromatic N) is 3. The third kappa shape index (κ3) is 5.24. The minimum absolute atomic E-state index is 0.571. The molecule has 0 unspecified atom stereocenters. The maximum absolute atomic E-state index is 9.92. The topological polar surface area (TPSA) is 49.9 Å². The molecule has 0 aliphatic carbocycles. The summed E-state index contributed by atoms with van der Waals surface area (Å²) in [7, 11) is 3.32. The number of hydrogen-bond donors (Lipinski definition) is 0. The van der Waals surface area contributed by atoms with Gasteiger partial charge in [-0.2, -0.15) is 5.26 Å². The SMILES string of the molecule is [C-]#[N+]c1c2ccccc2c(C#N)c2ccc(C=Cc3ccc(N(c4ccc(OC)cc4)c4ccc(OC)cc4)cc3)cc12. The molecule has 6 aromatic rings. The monoisotopic (exact) mass is 557 g/mol. The molecule has 0 spiro atoms. The van der Waals surface area contributed by atoms with Gasteiger partial charge in [-0.05, 0) is 93.3 Å². The van der Waals surface area contributed by atoms with Crippen molar-refractivity contribution in [3.63, 3.8) is 0 Å². The Labute approximate surface area is 250 Å². The molecule has 6 aromatic carbocycles. The first-order chi connectivity index (χ1) is 21.1. The average molecular weight is 558 g/mol. The summed E-state index contributed by atoms with van der Waals surface area (Å²) in [6.07, 6.45) is 4.09. The van der Waals surface area contributed by atoms with Gasteiger partial charge in [0.15, 0.2) is 0 Å². The van der Waals surface area contributed by atoms with E-state index in [1.165, 1.54) is 0 Å². The van der Waals surface area contributed by atoms with Gasteiger partial charge in [-0.3, -0.25) is 0 Å². The van der Waals surface area contributed by atoms with E-state index in [1.54, 1.807) is 14.2 Å². The molecule has 0 aliphatic heterocycles. The fourth-order valence-corrected chi connectivity index (χ4v) is 5.35. The summed E-state index contributed by atoms with van der Waals surface area (Å²) in [5, 5.41) is 13.1. The van der Waals surface area contributed by atoms with Gasteiger partial charge in [-0.1, -0.05) is 66.7 Å². The van der Waals surface area contributed by atoms with Crippen LogP contribution in [0, 0.1) is 17.9 Å². The van der Waals surface area contributed by atoms with Gasteiger partial charge in [0.1, 0.15) is 17.6 Å². The summed E-state index contributed by atoms with van der Waals surface area (Å²) in [5.41, 5.74) is 6.18. The smallest absolute Gasteiger partial charge is 0.202 e. The molecule has 206 valence electrons. The molecule has 5 nitrogen and oxygen atoms in total. The highest BCUT2D eigenvalue weighted by atomic mass is 16.5. The van der Waals surface area contributed by atoms with E-state index in [1.807, 2.05) is 97.1 Å².